The zero-order valence-corrected chi connectivity index (χ0v) is 16.4. The Morgan fingerprint density at radius 2 is 2.04 bits per heavy atom. The van der Waals surface area contributed by atoms with Gasteiger partial charge < -0.3 is 14.4 Å². The maximum atomic E-state index is 12.4. The molecule has 28 heavy (non-hydrogen) atoms. The minimum atomic E-state index is -0.522. The second-order valence-corrected chi connectivity index (χ2v) is 7.95. The first-order valence-electron chi connectivity index (χ1n) is 9.35. The van der Waals surface area contributed by atoms with E-state index in [1.54, 1.807) is 9.80 Å². The van der Waals surface area contributed by atoms with Gasteiger partial charge in [0.1, 0.15) is 11.7 Å². The molecule has 0 spiro atoms. The summed E-state index contributed by atoms with van der Waals surface area (Å²) in [5.74, 6) is 0. The zero-order chi connectivity index (χ0) is 20.3. The van der Waals surface area contributed by atoms with Crippen LogP contribution in [0.15, 0.2) is 23.3 Å². The molecule has 150 valence electrons. The summed E-state index contributed by atoms with van der Waals surface area (Å²) < 4.78 is 10.7. The second kappa shape index (κ2) is 7.98. The summed E-state index contributed by atoms with van der Waals surface area (Å²) in [6.45, 7) is 7.20. The number of hydrogen-bond acceptors (Lipinski definition) is 5. The van der Waals surface area contributed by atoms with Crippen LogP contribution in [0.25, 0.3) is 10.4 Å². The molecular formula is C19H25N5O4. The Morgan fingerprint density at radius 3 is 2.71 bits per heavy atom. The monoisotopic (exact) mass is 387 g/mol. The Bertz CT molecular complexity index is 813. The van der Waals surface area contributed by atoms with Gasteiger partial charge in [0.15, 0.2) is 0 Å². The van der Waals surface area contributed by atoms with E-state index in [0.717, 1.165) is 23.2 Å². The molecule has 0 bridgehead atoms. The lowest BCUT2D eigenvalue weighted by Crippen LogP contribution is -2.38. The Balaban J connectivity index is 1.69. The molecule has 0 aromatic heterocycles. The van der Waals surface area contributed by atoms with E-state index in [1.807, 2.05) is 39.0 Å². The van der Waals surface area contributed by atoms with Crippen LogP contribution in [0, 0.1) is 0 Å². The Kier molecular flexibility index (Phi) is 5.65. The largest absolute Gasteiger partial charge is 0.444 e. The van der Waals surface area contributed by atoms with E-state index >= 15 is 0 Å². The van der Waals surface area contributed by atoms with Crippen LogP contribution in [-0.4, -0.2) is 55.0 Å². The number of carbonyl (C=O) groups is 2. The Hall–Kier alpha value is -2.93. The number of ether oxygens (including phenoxy) is 2. The molecule has 0 N–H and O–H groups in total. The molecule has 0 saturated carbocycles. The van der Waals surface area contributed by atoms with Gasteiger partial charge in [-0.05, 0) is 62.4 Å². The van der Waals surface area contributed by atoms with Crippen molar-refractivity contribution >= 4 is 17.9 Å². The molecule has 1 saturated heterocycles. The van der Waals surface area contributed by atoms with Gasteiger partial charge in [0.05, 0.1) is 13.1 Å². The average molecular weight is 387 g/mol. The van der Waals surface area contributed by atoms with Crippen LogP contribution in [0.3, 0.4) is 0 Å². The molecule has 2 heterocycles. The fourth-order valence-electron chi connectivity index (χ4n) is 3.34. The van der Waals surface area contributed by atoms with Crippen LogP contribution >= 0.6 is 0 Å². The summed E-state index contributed by atoms with van der Waals surface area (Å²) in [6.07, 6.45) is 0.239. The Labute approximate surface area is 163 Å². The molecular weight excluding hydrogens is 362 g/mol. The molecule has 0 radical (unpaired) electrons. The van der Waals surface area contributed by atoms with Crippen molar-refractivity contribution in [3.8, 4) is 0 Å². The average Bonchev–Trinajstić information content (AvgIpc) is 2.85. The third-order valence-electron chi connectivity index (χ3n) is 4.68. The van der Waals surface area contributed by atoms with Crippen molar-refractivity contribution in [1.29, 1.82) is 0 Å². The smallest absolute Gasteiger partial charge is 0.414 e. The first-order chi connectivity index (χ1) is 13.3. The van der Waals surface area contributed by atoms with Crippen LogP contribution in [-0.2, 0) is 22.3 Å². The van der Waals surface area contributed by atoms with E-state index in [2.05, 4.69) is 10.0 Å². The van der Waals surface area contributed by atoms with E-state index in [1.165, 1.54) is 0 Å². The number of nitrogens with zero attached hydrogens (tertiary/aromatic N) is 5. The highest BCUT2D eigenvalue weighted by molar-refractivity contribution is 5.90. The van der Waals surface area contributed by atoms with Crippen molar-refractivity contribution in [3.05, 3.63) is 39.8 Å². The molecule has 1 fully saturated rings. The molecule has 0 aliphatic carbocycles. The lowest BCUT2D eigenvalue weighted by molar-refractivity contribution is 0.0258. The topological polar surface area (TPSA) is 108 Å². The van der Waals surface area contributed by atoms with Gasteiger partial charge in [0.2, 0.25) is 0 Å². The fourth-order valence-corrected chi connectivity index (χ4v) is 3.34. The van der Waals surface area contributed by atoms with Gasteiger partial charge in [0.25, 0.3) is 0 Å². The molecule has 1 aromatic rings. The lowest BCUT2D eigenvalue weighted by Gasteiger charge is -2.26. The molecule has 2 amide bonds. The predicted molar refractivity (Wildman–Crippen MR) is 103 cm³/mol. The van der Waals surface area contributed by atoms with E-state index in [9.17, 15) is 9.59 Å². The number of anilines is 1. The van der Waals surface area contributed by atoms with Gasteiger partial charge in [-0.3, -0.25) is 4.90 Å². The highest BCUT2D eigenvalue weighted by Crippen LogP contribution is 2.27. The quantitative estimate of drug-likeness (QED) is 0.448. The van der Waals surface area contributed by atoms with Gasteiger partial charge in [-0.2, -0.15) is 0 Å². The summed E-state index contributed by atoms with van der Waals surface area (Å²) in [7, 11) is 0. The van der Waals surface area contributed by atoms with Crippen molar-refractivity contribution in [2.45, 2.75) is 45.3 Å². The zero-order valence-electron chi connectivity index (χ0n) is 16.4. The lowest BCUT2D eigenvalue weighted by atomic mass is 10.0. The normalized spacial score (nSPS) is 19.4. The molecule has 9 nitrogen and oxygen atoms in total. The summed E-state index contributed by atoms with van der Waals surface area (Å²) in [6, 6.07) is 5.86. The van der Waals surface area contributed by atoms with Crippen LogP contribution < -0.4 is 4.90 Å². The molecule has 9 heteroatoms. The molecule has 2 aliphatic rings. The highest BCUT2D eigenvalue weighted by atomic mass is 16.6. The van der Waals surface area contributed by atoms with Crippen LogP contribution in [0.5, 0.6) is 0 Å². The summed E-state index contributed by atoms with van der Waals surface area (Å²) in [4.78, 5) is 30.5. The minimum Gasteiger partial charge on any atom is -0.444 e. The summed E-state index contributed by atoms with van der Waals surface area (Å²) in [5, 5.41) is 3.48. The maximum absolute atomic E-state index is 12.4. The number of fused-ring (bicyclic) bond motifs is 1. The number of rotatable bonds is 3. The standard InChI is InChI=1S/C19H25N5O4/c1-19(2,3)28-17(25)23-8-6-13-4-5-15(10-14(13)7-9-23)24-12-16(11-21-22-20)27-18(24)26/h4-5,10,16H,6-9,11-12H2,1-3H3/t16-/m0/s1. The number of benzene rings is 1. The van der Waals surface area contributed by atoms with Crippen LogP contribution in [0.4, 0.5) is 15.3 Å². The van der Waals surface area contributed by atoms with Gasteiger partial charge in [-0.1, -0.05) is 11.2 Å². The summed E-state index contributed by atoms with van der Waals surface area (Å²) >= 11 is 0. The first kappa shape index (κ1) is 19.8. The second-order valence-electron chi connectivity index (χ2n) is 7.95. The number of cyclic esters (lactones) is 1. The van der Waals surface area contributed by atoms with Crippen LogP contribution in [0.1, 0.15) is 31.9 Å². The summed E-state index contributed by atoms with van der Waals surface area (Å²) in [5.41, 5.74) is 10.9. The maximum Gasteiger partial charge on any atom is 0.414 e. The molecule has 0 unspecified atom stereocenters. The molecule has 1 atom stereocenters. The van der Waals surface area contributed by atoms with E-state index in [4.69, 9.17) is 15.0 Å². The van der Waals surface area contributed by atoms with Crippen molar-refractivity contribution in [2.24, 2.45) is 5.11 Å². The van der Waals surface area contributed by atoms with Gasteiger partial charge in [-0.25, -0.2) is 9.59 Å². The number of azide groups is 1. The number of hydrogen-bond donors (Lipinski definition) is 0. The van der Waals surface area contributed by atoms with Crippen molar-refractivity contribution < 1.29 is 19.1 Å². The number of carbonyl (C=O) groups excluding carboxylic acids is 2. The van der Waals surface area contributed by atoms with Crippen LogP contribution in [0.2, 0.25) is 0 Å². The molecule has 3 rings (SSSR count). The van der Waals surface area contributed by atoms with E-state index in [0.29, 0.717) is 26.1 Å². The van der Waals surface area contributed by atoms with E-state index in [-0.39, 0.29) is 12.6 Å². The van der Waals surface area contributed by atoms with Gasteiger partial charge >= 0.3 is 12.2 Å². The molecule has 2 aliphatic heterocycles. The van der Waals surface area contributed by atoms with Gasteiger partial charge in [-0.15, -0.1) is 0 Å². The van der Waals surface area contributed by atoms with Crippen molar-refractivity contribution in [3.63, 3.8) is 0 Å². The fraction of sp³-hybridized carbons (Fsp3) is 0.579. The SMILES string of the molecule is CC(C)(C)OC(=O)N1CCc2ccc(N3C[C@H](CN=[N+]=[N-])OC3=O)cc2CC1. The third kappa shape index (κ3) is 4.67. The van der Waals surface area contributed by atoms with Crippen molar-refractivity contribution in [2.75, 3.05) is 31.1 Å². The minimum absolute atomic E-state index is 0.120. The van der Waals surface area contributed by atoms with E-state index < -0.39 is 17.8 Å². The van der Waals surface area contributed by atoms with Gasteiger partial charge in [0, 0.05) is 23.7 Å². The Morgan fingerprint density at radius 1 is 1.32 bits per heavy atom. The molecule has 1 aromatic carbocycles. The highest BCUT2D eigenvalue weighted by Gasteiger charge is 2.32. The first-order valence-corrected chi connectivity index (χ1v) is 9.35. The number of amides is 2. The predicted octanol–water partition coefficient (Wildman–Crippen LogP) is 3.66. The third-order valence-corrected chi connectivity index (χ3v) is 4.68. The van der Waals surface area contributed by atoms with Crippen molar-refractivity contribution in [1.82, 2.24) is 4.90 Å².